The molecule has 0 aromatic carbocycles. The van der Waals surface area contributed by atoms with Crippen LogP contribution in [0.2, 0.25) is 0 Å². The zero-order valence-corrected chi connectivity index (χ0v) is 8.42. The summed E-state index contributed by atoms with van der Waals surface area (Å²) in [4.78, 5) is 14.1. The maximum absolute atomic E-state index is 10.4. The van der Waals surface area contributed by atoms with Crippen LogP contribution in [0.5, 0.6) is 0 Å². The quantitative estimate of drug-likeness (QED) is 0.638. The third kappa shape index (κ3) is 2.23. The van der Waals surface area contributed by atoms with Crippen LogP contribution in [0.1, 0.15) is 10.4 Å². The number of carbonyl (C=O) groups excluding carboxylic acids is 1. The second kappa shape index (κ2) is 4.12. The molecule has 0 bridgehead atoms. The van der Waals surface area contributed by atoms with E-state index < -0.39 is 5.91 Å². The molecule has 0 atom stereocenters. The molecule has 10 heavy (non-hydrogen) atoms. The zero-order chi connectivity index (χ0) is 6.69. The molecule has 0 saturated carbocycles. The third-order valence-electron chi connectivity index (χ3n) is 0.946. The van der Waals surface area contributed by atoms with Crippen molar-refractivity contribution in [2.45, 2.75) is 0 Å². The molecule has 0 aliphatic heterocycles. The first-order valence-electron chi connectivity index (χ1n) is 2.50. The fraction of sp³-hybridized carbons (Fsp3) is 0. The van der Waals surface area contributed by atoms with Crippen LogP contribution in [0.3, 0.4) is 0 Å². The van der Waals surface area contributed by atoms with E-state index in [2.05, 4.69) is 4.98 Å². The zero-order valence-electron chi connectivity index (χ0n) is 5.45. The van der Waals surface area contributed by atoms with Gasteiger partial charge in [-0.3, -0.25) is 9.78 Å². The van der Waals surface area contributed by atoms with Crippen LogP contribution in [0.25, 0.3) is 0 Å². The molecule has 2 N–H and O–H groups in total. The van der Waals surface area contributed by atoms with E-state index in [1.807, 2.05) is 0 Å². The molecule has 0 aliphatic carbocycles. The van der Waals surface area contributed by atoms with Crippen molar-refractivity contribution in [2.24, 2.45) is 5.73 Å². The Morgan fingerprint density at radius 3 is 2.60 bits per heavy atom. The maximum atomic E-state index is 10.4. The SMILES string of the molecule is NC(=O)c1cccnc1.[Zn]. The Morgan fingerprint density at radius 2 is 2.30 bits per heavy atom. The summed E-state index contributed by atoms with van der Waals surface area (Å²) in [6.45, 7) is 0. The Hall–Kier alpha value is -0.757. The smallest absolute Gasteiger partial charge is 0.250 e. The summed E-state index contributed by atoms with van der Waals surface area (Å²) in [6.07, 6.45) is 3.02. The average molecular weight is 188 g/mol. The number of rotatable bonds is 1. The van der Waals surface area contributed by atoms with E-state index in [0.717, 1.165) is 0 Å². The number of amides is 1. The van der Waals surface area contributed by atoms with Gasteiger partial charge in [0.05, 0.1) is 5.56 Å². The summed E-state index contributed by atoms with van der Waals surface area (Å²) in [5.41, 5.74) is 5.38. The molecule has 0 fully saturated rings. The molecule has 1 aromatic heterocycles. The van der Waals surface area contributed by atoms with Crippen molar-refractivity contribution in [3.05, 3.63) is 30.1 Å². The Bertz CT molecular complexity index is 212. The van der Waals surface area contributed by atoms with Gasteiger partial charge in [-0.25, -0.2) is 0 Å². The average Bonchev–Trinajstić information content (AvgIpc) is 1.90. The molecule has 4 heteroatoms. The van der Waals surface area contributed by atoms with E-state index in [1.165, 1.54) is 6.20 Å². The van der Waals surface area contributed by atoms with Gasteiger partial charge in [-0.1, -0.05) is 0 Å². The van der Waals surface area contributed by atoms with Crippen LogP contribution < -0.4 is 5.73 Å². The summed E-state index contributed by atoms with van der Waals surface area (Å²) in [5, 5.41) is 0. The number of carbonyl (C=O) groups is 1. The molecule has 1 heterocycles. The first-order valence-corrected chi connectivity index (χ1v) is 2.50. The molecule has 0 radical (unpaired) electrons. The van der Waals surface area contributed by atoms with E-state index >= 15 is 0 Å². The Balaban J connectivity index is 0.000000810. The van der Waals surface area contributed by atoms with Gasteiger partial charge in [-0.15, -0.1) is 0 Å². The molecule has 1 amide bonds. The monoisotopic (exact) mass is 186 g/mol. The minimum absolute atomic E-state index is 0. The number of aromatic nitrogens is 1. The number of hydrogen-bond donors (Lipinski definition) is 1. The van der Waals surface area contributed by atoms with E-state index in [9.17, 15) is 4.79 Å². The van der Waals surface area contributed by atoms with Gasteiger partial charge < -0.3 is 5.73 Å². The summed E-state index contributed by atoms with van der Waals surface area (Å²) in [6, 6.07) is 3.29. The van der Waals surface area contributed by atoms with Crippen LogP contribution >= 0.6 is 0 Å². The topological polar surface area (TPSA) is 56.0 Å². The molecule has 3 nitrogen and oxygen atoms in total. The molecule has 1 aromatic rings. The van der Waals surface area contributed by atoms with Crippen molar-refractivity contribution >= 4 is 5.91 Å². The van der Waals surface area contributed by atoms with E-state index in [-0.39, 0.29) is 19.5 Å². The van der Waals surface area contributed by atoms with Crippen LogP contribution in [-0.2, 0) is 19.5 Å². The van der Waals surface area contributed by atoms with Crippen LogP contribution in [0, 0.1) is 0 Å². The van der Waals surface area contributed by atoms with Crippen molar-refractivity contribution in [3.8, 4) is 0 Å². The van der Waals surface area contributed by atoms with Gasteiger partial charge in [0.15, 0.2) is 0 Å². The minimum atomic E-state index is -0.442. The number of primary amides is 1. The molecule has 48 valence electrons. The van der Waals surface area contributed by atoms with Gasteiger partial charge in [0.1, 0.15) is 0 Å². The molecule has 1 rings (SSSR count). The standard InChI is InChI=1S/C6H6N2O.Zn/c7-6(9)5-2-1-3-8-4-5;/h1-4H,(H2,7,9);. The maximum Gasteiger partial charge on any atom is 0.250 e. The summed E-state index contributed by atoms with van der Waals surface area (Å²) in [7, 11) is 0. The fourth-order valence-corrected chi connectivity index (χ4v) is 0.509. The van der Waals surface area contributed by atoms with Gasteiger partial charge in [-0.2, -0.15) is 0 Å². The Labute approximate surface area is 71.4 Å². The summed E-state index contributed by atoms with van der Waals surface area (Å²) < 4.78 is 0. The predicted octanol–water partition coefficient (Wildman–Crippen LogP) is 0.178. The van der Waals surface area contributed by atoms with Crippen molar-refractivity contribution in [3.63, 3.8) is 0 Å². The normalized spacial score (nSPS) is 8.00. The molecular weight excluding hydrogens is 181 g/mol. The molecule has 0 saturated heterocycles. The first kappa shape index (κ1) is 9.24. The van der Waals surface area contributed by atoms with E-state index in [4.69, 9.17) is 5.73 Å². The molecule has 0 spiro atoms. The second-order valence-corrected chi connectivity index (χ2v) is 1.61. The van der Waals surface area contributed by atoms with Crippen LogP contribution in [-0.4, -0.2) is 10.9 Å². The van der Waals surface area contributed by atoms with Crippen molar-refractivity contribution < 1.29 is 24.3 Å². The van der Waals surface area contributed by atoms with E-state index in [0.29, 0.717) is 5.56 Å². The number of nitrogens with two attached hydrogens (primary N) is 1. The van der Waals surface area contributed by atoms with Gasteiger partial charge in [0, 0.05) is 31.9 Å². The Kier molecular flexibility index (Phi) is 3.81. The second-order valence-electron chi connectivity index (χ2n) is 1.61. The Morgan fingerprint density at radius 1 is 1.60 bits per heavy atom. The van der Waals surface area contributed by atoms with Crippen LogP contribution in [0.15, 0.2) is 24.5 Å². The molecule has 0 aliphatic rings. The van der Waals surface area contributed by atoms with Gasteiger partial charge >= 0.3 is 0 Å². The summed E-state index contributed by atoms with van der Waals surface area (Å²) >= 11 is 0. The van der Waals surface area contributed by atoms with Crippen molar-refractivity contribution in [1.82, 2.24) is 4.98 Å². The molecule has 0 unspecified atom stereocenters. The number of hydrogen-bond acceptors (Lipinski definition) is 2. The first-order chi connectivity index (χ1) is 4.30. The third-order valence-corrected chi connectivity index (χ3v) is 0.946. The van der Waals surface area contributed by atoms with E-state index in [1.54, 1.807) is 18.3 Å². The van der Waals surface area contributed by atoms with Crippen LogP contribution in [0.4, 0.5) is 0 Å². The van der Waals surface area contributed by atoms with Gasteiger partial charge in [-0.05, 0) is 12.1 Å². The summed E-state index contributed by atoms with van der Waals surface area (Å²) in [5.74, 6) is -0.442. The number of nitrogens with zero attached hydrogens (tertiary/aromatic N) is 1. The fourth-order valence-electron chi connectivity index (χ4n) is 0.509. The van der Waals surface area contributed by atoms with Crippen molar-refractivity contribution in [2.75, 3.05) is 0 Å². The largest absolute Gasteiger partial charge is 0.366 e. The number of pyridine rings is 1. The predicted molar refractivity (Wildman–Crippen MR) is 32.8 cm³/mol. The molecular formula is C6H6N2OZn. The van der Waals surface area contributed by atoms with Crippen molar-refractivity contribution in [1.29, 1.82) is 0 Å². The van der Waals surface area contributed by atoms with Gasteiger partial charge in [0.25, 0.3) is 0 Å². The minimum Gasteiger partial charge on any atom is -0.366 e. The van der Waals surface area contributed by atoms with Gasteiger partial charge in [0.2, 0.25) is 5.91 Å².